The summed E-state index contributed by atoms with van der Waals surface area (Å²) < 4.78 is 32.1. The first-order chi connectivity index (χ1) is 16.4. The molecule has 2 aromatic carbocycles. The lowest BCUT2D eigenvalue weighted by Gasteiger charge is -2.25. The highest BCUT2D eigenvalue weighted by Gasteiger charge is 2.36. The van der Waals surface area contributed by atoms with Crippen LogP contribution in [0.25, 0.3) is 0 Å². The van der Waals surface area contributed by atoms with Crippen molar-refractivity contribution in [3.05, 3.63) is 47.5 Å². The summed E-state index contributed by atoms with van der Waals surface area (Å²) in [6.07, 6.45) is 0.520. The molecule has 0 N–H and O–H groups in total. The van der Waals surface area contributed by atoms with Crippen molar-refractivity contribution in [1.29, 1.82) is 0 Å². The normalized spacial score (nSPS) is 12.3. The molecule has 0 heterocycles. The number of hydrogen-bond acceptors (Lipinski definition) is 8. The SMILES string of the molecule is CCOC(=O)C(Cc1ccc(OC)c(OC)c1)C(Cc1ccc(OC)c(OC)c1)C(=O)OCC. The number of esters is 2. The van der Waals surface area contributed by atoms with Gasteiger partial charge in [-0.1, -0.05) is 12.1 Å². The minimum Gasteiger partial charge on any atom is -0.493 e. The van der Waals surface area contributed by atoms with Crippen LogP contribution in [0.15, 0.2) is 36.4 Å². The molecule has 34 heavy (non-hydrogen) atoms. The first-order valence-corrected chi connectivity index (χ1v) is 11.2. The molecule has 0 saturated carbocycles. The van der Waals surface area contributed by atoms with E-state index in [2.05, 4.69) is 0 Å². The smallest absolute Gasteiger partial charge is 0.310 e. The van der Waals surface area contributed by atoms with Gasteiger partial charge in [0.2, 0.25) is 0 Å². The molecular weight excluding hydrogens is 440 g/mol. The zero-order chi connectivity index (χ0) is 25.1. The number of benzene rings is 2. The molecule has 8 nitrogen and oxygen atoms in total. The zero-order valence-electron chi connectivity index (χ0n) is 20.7. The van der Waals surface area contributed by atoms with Crippen molar-refractivity contribution in [2.75, 3.05) is 41.7 Å². The highest BCUT2D eigenvalue weighted by atomic mass is 16.5. The Morgan fingerprint density at radius 2 is 0.971 bits per heavy atom. The third-order valence-corrected chi connectivity index (χ3v) is 5.47. The summed E-state index contributed by atoms with van der Waals surface area (Å²) in [5, 5.41) is 0. The zero-order valence-corrected chi connectivity index (χ0v) is 20.7. The van der Waals surface area contributed by atoms with Crippen molar-refractivity contribution in [3.8, 4) is 23.0 Å². The van der Waals surface area contributed by atoms with Crippen LogP contribution in [0.4, 0.5) is 0 Å². The van der Waals surface area contributed by atoms with E-state index in [1.165, 1.54) is 0 Å². The van der Waals surface area contributed by atoms with E-state index in [4.69, 9.17) is 28.4 Å². The van der Waals surface area contributed by atoms with Crippen LogP contribution >= 0.6 is 0 Å². The molecular formula is C26H34O8. The Hall–Kier alpha value is -3.42. The molecule has 0 radical (unpaired) electrons. The third-order valence-electron chi connectivity index (χ3n) is 5.47. The highest BCUT2D eigenvalue weighted by Crippen LogP contribution is 2.33. The van der Waals surface area contributed by atoms with Crippen LogP contribution < -0.4 is 18.9 Å². The van der Waals surface area contributed by atoms with Gasteiger partial charge in [0, 0.05) is 0 Å². The second-order valence-electron chi connectivity index (χ2n) is 7.50. The second-order valence-corrected chi connectivity index (χ2v) is 7.50. The quantitative estimate of drug-likeness (QED) is 0.404. The minimum absolute atomic E-state index is 0.202. The van der Waals surface area contributed by atoms with Crippen LogP contribution in [0, 0.1) is 11.8 Å². The Kier molecular flexibility index (Phi) is 10.5. The van der Waals surface area contributed by atoms with Crippen LogP contribution in [0.5, 0.6) is 23.0 Å². The molecule has 0 aliphatic heterocycles. The fourth-order valence-corrected chi connectivity index (χ4v) is 3.80. The minimum atomic E-state index is -0.773. The van der Waals surface area contributed by atoms with E-state index < -0.39 is 23.8 Å². The van der Waals surface area contributed by atoms with E-state index in [-0.39, 0.29) is 26.1 Å². The van der Waals surface area contributed by atoms with E-state index in [1.807, 2.05) is 12.1 Å². The van der Waals surface area contributed by atoms with Gasteiger partial charge in [0.1, 0.15) is 0 Å². The fraction of sp³-hybridized carbons (Fsp3) is 0.462. The van der Waals surface area contributed by atoms with Gasteiger partial charge in [0.15, 0.2) is 23.0 Å². The summed E-state index contributed by atoms with van der Waals surface area (Å²) in [7, 11) is 6.20. The number of methoxy groups -OCH3 is 4. The van der Waals surface area contributed by atoms with Crippen LogP contribution in [0.2, 0.25) is 0 Å². The lowest BCUT2D eigenvalue weighted by atomic mass is 9.82. The van der Waals surface area contributed by atoms with Gasteiger partial charge in [-0.25, -0.2) is 0 Å². The number of rotatable bonds is 13. The van der Waals surface area contributed by atoms with Crippen LogP contribution in [0.3, 0.4) is 0 Å². The largest absolute Gasteiger partial charge is 0.493 e. The maximum absolute atomic E-state index is 13.1. The molecule has 2 rings (SSSR count). The molecule has 8 heteroatoms. The highest BCUT2D eigenvalue weighted by molar-refractivity contribution is 5.82. The van der Waals surface area contributed by atoms with E-state index in [1.54, 1.807) is 66.6 Å². The van der Waals surface area contributed by atoms with Crippen molar-refractivity contribution in [1.82, 2.24) is 0 Å². The van der Waals surface area contributed by atoms with Gasteiger partial charge in [0.25, 0.3) is 0 Å². The Balaban J connectivity index is 2.46. The molecule has 0 amide bonds. The lowest BCUT2D eigenvalue weighted by Crippen LogP contribution is -2.35. The molecule has 0 aliphatic carbocycles. The topological polar surface area (TPSA) is 89.5 Å². The number of ether oxygens (including phenoxy) is 6. The van der Waals surface area contributed by atoms with Gasteiger partial charge in [0.05, 0.1) is 53.5 Å². The Bertz CT molecular complexity index is 878. The van der Waals surface area contributed by atoms with Gasteiger partial charge >= 0.3 is 11.9 Å². The molecule has 0 saturated heterocycles. The molecule has 2 unspecified atom stereocenters. The van der Waals surface area contributed by atoms with E-state index in [0.29, 0.717) is 23.0 Å². The Morgan fingerprint density at radius 1 is 0.618 bits per heavy atom. The van der Waals surface area contributed by atoms with Crippen molar-refractivity contribution in [2.24, 2.45) is 11.8 Å². The monoisotopic (exact) mass is 474 g/mol. The van der Waals surface area contributed by atoms with Crippen molar-refractivity contribution in [2.45, 2.75) is 26.7 Å². The third kappa shape index (κ3) is 6.79. The fourth-order valence-electron chi connectivity index (χ4n) is 3.80. The summed E-state index contributed by atoms with van der Waals surface area (Å²) in [5.41, 5.74) is 1.61. The predicted molar refractivity (Wildman–Crippen MR) is 127 cm³/mol. The predicted octanol–water partition coefficient (Wildman–Crippen LogP) is 3.86. The summed E-state index contributed by atoms with van der Waals surface area (Å²) in [6, 6.07) is 10.8. The van der Waals surface area contributed by atoms with E-state index in [9.17, 15) is 9.59 Å². The summed E-state index contributed by atoms with van der Waals surface area (Å²) in [6.45, 7) is 3.87. The molecule has 2 aromatic rings. The average Bonchev–Trinajstić information content (AvgIpc) is 2.85. The van der Waals surface area contributed by atoms with E-state index >= 15 is 0 Å². The standard InChI is InChI=1S/C26H34O8/c1-7-33-25(27)19(13-17-9-11-21(29-3)23(15-17)31-5)20(26(28)34-8-2)14-18-10-12-22(30-4)24(16-18)32-6/h9-12,15-16,19-20H,7-8,13-14H2,1-6H3. The first kappa shape index (κ1) is 26.8. The van der Waals surface area contributed by atoms with Gasteiger partial charge in [-0.2, -0.15) is 0 Å². The molecule has 0 fully saturated rings. The van der Waals surface area contributed by atoms with Crippen LogP contribution in [-0.2, 0) is 31.9 Å². The molecule has 0 spiro atoms. The van der Waals surface area contributed by atoms with Crippen molar-refractivity contribution >= 4 is 11.9 Å². The molecule has 0 bridgehead atoms. The maximum atomic E-state index is 13.1. The van der Waals surface area contributed by atoms with Gasteiger partial charge < -0.3 is 28.4 Å². The number of carbonyl (C=O) groups is 2. The second kappa shape index (κ2) is 13.3. The first-order valence-electron chi connectivity index (χ1n) is 11.2. The summed E-state index contributed by atoms with van der Waals surface area (Å²) >= 11 is 0. The van der Waals surface area contributed by atoms with Gasteiger partial charge in [-0.3, -0.25) is 9.59 Å². The maximum Gasteiger partial charge on any atom is 0.310 e. The van der Waals surface area contributed by atoms with E-state index in [0.717, 1.165) is 11.1 Å². The van der Waals surface area contributed by atoms with Crippen molar-refractivity contribution < 1.29 is 38.0 Å². The van der Waals surface area contributed by atoms with Gasteiger partial charge in [-0.15, -0.1) is 0 Å². The molecule has 0 aliphatic rings. The number of carbonyl (C=O) groups excluding carboxylic acids is 2. The summed E-state index contributed by atoms with van der Waals surface area (Å²) in [4.78, 5) is 26.1. The van der Waals surface area contributed by atoms with Crippen LogP contribution in [0.1, 0.15) is 25.0 Å². The number of hydrogen-bond donors (Lipinski definition) is 0. The average molecular weight is 475 g/mol. The van der Waals surface area contributed by atoms with Crippen LogP contribution in [-0.4, -0.2) is 53.6 Å². The molecule has 0 aromatic heterocycles. The summed E-state index contributed by atoms with van der Waals surface area (Å²) in [5.74, 6) is -0.246. The Labute approximate surface area is 201 Å². The van der Waals surface area contributed by atoms with Gasteiger partial charge in [-0.05, 0) is 62.1 Å². The lowest BCUT2D eigenvalue weighted by molar-refractivity contribution is -0.160. The van der Waals surface area contributed by atoms with Crippen molar-refractivity contribution in [3.63, 3.8) is 0 Å². The Morgan fingerprint density at radius 3 is 1.26 bits per heavy atom. The molecule has 186 valence electrons. The molecule has 2 atom stereocenters.